The first-order chi connectivity index (χ1) is 13.2. The van der Waals surface area contributed by atoms with E-state index in [1.54, 1.807) is 14.7 Å². The zero-order chi connectivity index (χ0) is 21.3. The Bertz CT molecular complexity index is 459. The fraction of sp³-hybridized carbons (Fsp3) is 1.00. The summed E-state index contributed by atoms with van der Waals surface area (Å²) < 4.78 is 11.9. The van der Waals surface area contributed by atoms with E-state index in [2.05, 4.69) is 0 Å². The van der Waals surface area contributed by atoms with E-state index in [1.165, 1.54) is 6.66 Å². The molecule has 0 aliphatic carbocycles. The molecule has 1 unspecified atom stereocenters. The molecule has 0 amide bonds. The van der Waals surface area contributed by atoms with E-state index < -0.39 is 58.1 Å². The monoisotopic (exact) mass is 484 g/mol. The van der Waals surface area contributed by atoms with Crippen molar-refractivity contribution in [2.45, 2.75) is 24.3 Å². The van der Waals surface area contributed by atoms with Gasteiger partial charge in [-0.2, -0.15) is 0 Å². The summed E-state index contributed by atoms with van der Waals surface area (Å²) in [6.45, 7) is 1.33. The van der Waals surface area contributed by atoms with Crippen LogP contribution >= 0.6 is 7.37 Å². The number of nitrogens with zero attached hydrogens (tertiary/aromatic N) is 3. The normalized spacial score (nSPS) is 24.3. The molecule has 5 atom stereocenters. The second-order valence-electron chi connectivity index (χ2n) is 7.37. The first kappa shape index (κ1) is 29.3. The predicted molar refractivity (Wildman–Crippen MR) is 101 cm³/mol. The van der Waals surface area contributed by atoms with Crippen molar-refractivity contribution >= 4 is 7.37 Å². The first-order valence-corrected chi connectivity index (χ1v) is 11.7. The maximum atomic E-state index is 11.9. The van der Waals surface area contributed by atoms with Crippen LogP contribution in [0.1, 0.15) is 0 Å². The Morgan fingerprint density at radius 2 is 1.28 bits per heavy atom. The molecule has 13 heteroatoms. The maximum Gasteiger partial charge on any atom is 6.00 e. The maximum absolute atomic E-state index is 11.9. The van der Waals surface area contributed by atoms with Crippen molar-refractivity contribution in [3.63, 3.8) is 0 Å². The van der Waals surface area contributed by atoms with E-state index in [0.29, 0.717) is 39.3 Å². The van der Waals surface area contributed by atoms with Crippen molar-refractivity contribution in [1.82, 2.24) is 14.7 Å². The van der Waals surface area contributed by atoms with Crippen molar-refractivity contribution < 1.29 is 57.2 Å². The average Bonchev–Trinajstić information content (AvgIpc) is 2.73. The van der Waals surface area contributed by atoms with Crippen LogP contribution in [-0.2, 0) is 21.6 Å². The number of rotatable bonds is 10. The average molecular weight is 484 g/mol. The van der Waals surface area contributed by atoms with E-state index in [4.69, 9.17) is 0 Å². The molecule has 170 valence electrons. The van der Waals surface area contributed by atoms with E-state index in [-0.39, 0.29) is 23.4 Å². The second kappa shape index (κ2) is 14.4. The summed E-state index contributed by atoms with van der Waals surface area (Å²) in [5.74, 6) is 0. The summed E-state index contributed by atoms with van der Waals surface area (Å²) in [4.78, 5) is 15.0. The van der Waals surface area contributed by atoms with Gasteiger partial charge >= 0.3 is 17.1 Å². The van der Waals surface area contributed by atoms with Gasteiger partial charge in [-0.1, -0.05) is 0 Å². The molecule has 1 saturated heterocycles. The summed E-state index contributed by atoms with van der Waals surface area (Å²) in [6, 6.07) is -1.56. The molecule has 0 aromatic rings. The Morgan fingerprint density at radius 3 is 1.66 bits per heavy atom. The van der Waals surface area contributed by atoms with Crippen molar-refractivity contribution in [3.8, 4) is 0 Å². The van der Waals surface area contributed by atoms with Gasteiger partial charge in [0.15, 0.2) is 0 Å². The number of hydrogen-bond donors (Lipinski definition) is 6. The van der Waals surface area contributed by atoms with Crippen LogP contribution in [0.15, 0.2) is 0 Å². The minimum atomic E-state index is -3.33. The zero-order valence-corrected chi connectivity index (χ0v) is 18.7. The third-order valence-electron chi connectivity index (χ3n) is 5.10. The smallest absolute Gasteiger partial charge is 0.853 e. The van der Waals surface area contributed by atoms with Crippen molar-refractivity contribution in [2.75, 3.05) is 78.6 Å². The van der Waals surface area contributed by atoms with Gasteiger partial charge in [-0.25, -0.2) is 0 Å². The van der Waals surface area contributed by atoms with Crippen molar-refractivity contribution in [2.24, 2.45) is 0 Å². The van der Waals surface area contributed by atoms with Gasteiger partial charge in [0, 0.05) is 52.0 Å². The van der Waals surface area contributed by atoms with Crippen LogP contribution in [0.25, 0.3) is 0 Å². The van der Waals surface area contributed by atoms with Crippen LogP contribution in [0.3, 0.4) is 0 Å². The molecule has 6 N–H and O–H groups in total. The molecule has 0 aromatic heterocycles. The molecular weight excluding hydrogens is 449 g/mol. The van der Waals surface area contributed by atoms with Crippen LogP contribution in [0.2, 0.25) is 0 Å². The summed E-state index contributed by atoms with van der Waals surface area (Å²) >= 11 is 0. The van der Waals surface area contributed by atoms with Crippen LogP contribution < -0.4 is 5.11 Å². The van der Waals surface area contributed by atoms with Gasteiger partial charge in [0.2, 0.25) is 7.37 Å². The van der Waals surface area contributed by atoms with Gasteiger partial charge in [-0.15, -0.1) is 6.61 Å². The predicted octanol–water partition coefficient (Wildman–Crippen LogP) is -4.44. The number of aliphatic hydroxyl groups excluding tert-OH is 5. The summed E-state index contributed by atoms with van der Waals surface area (Å²) in [5.41, 5.74) is 0. The molecular formula is C16H35FeN3O8P+5. The van der Waals surface area contributed by atoms with E-state index in [1.807, 2.05) is 0 Å². The van der Waals surface area contributed by atoms with Gasteiger partial charge in [-0.05, 0) is 0 Å². The molecule has 0 aromatic carbocycles. The van der Waals surface area contributed by atoms with Crippen LogP contribution in [0, 0.1) is 0 Å². The van der Waals surface area contributed by atoms with Gasteiger partial charge in [0.25, 0.3) is 0 Å². The molecule has 1 aliphatic rings. The van der Waals surface area contributed by atoms with Crippen LogP contribution in [0.4, 0.5) is 0 Å². The quantitative estimate of drug-likeness (QED) is 0.131. The molecule has 1 fully saturated rings. The molecule has 0 radical (unpaired) electrons. The minimum Gasteiger partial charge on any atom is -0.853 e. The SMILES string of the molecule is CP(=O)(O)CN1CCN([C@H](C[O-])[C@H](O)CO)CCN([C@H](CO)[C@H](O)CO)CC1.[Fe+6]. The van der Waals surface area contributed by atoms with Gasteiger partial charge in [0.1, 0.15) is 0 Å². The molecule has 1 heterocycles. The molecule has 1 rings (SSSR count). The van der Waals surface area contributed by atoms with E-state index in [0.717, 1.165) is 0 Å². The molecule has 1 aliphatic heterocycles. The van der Waals surface area contributed by atoms with Crippen LogP contribution in [-0.4, -0.2) is 148 Å². The molecule has 11 nitrogen and oxygen atoms in total. The first-order valence-electron chi connectivity index (χ1n) is 9.43. The topological polar surface area (TPSA) is 171 Å². The minimum absolute atomic E-state index is 0. The molecule has 0 saturated carbocycles. The van der Waals surface area contributed by atoms with Crippen molar-refractivity contribution in [1.29, 1.82) is 0 Å². The van der Waals surface area contributed by atoms with Gasteiger partial charge in [-0.3, -0.25) is 19.3 Å². The largest absolute Gasteiger partial charge is 6.00 e. The molecule has 0 bridgehead atoms. The number of hydrogen-bond acceptors (Lipinski definition) is 10. The Morgan fingerprint density at radius 1 is 0.862 bits per heavy atom. The summed E-state index contributed by atoms with van der Waals surface area (Å²) in [7, 11) is -3.33. The number of aliphatic hydroxyl groups is 5. The standard InChI is InChI=1S/C16H35N3O8P.Fe/c1-28(26,27)12-17-2-4-18(13(8-20)15(24)10-22)6-7-19(5-3-17)14(9-21)16(25)11-23;/h13-16,20,22-25H,2-12H2,1H3,(H,26,27);/q-1;+6/t13-,14-,15-,16-;/m1./s1. The van der Waals surface area contributed by atoms with Gasteiger partial charge < -0.3 is 35.5 Å². The third-order valence-corrected chi connectivity index (χ3v) is 6.03. The zero-order valence-electron chi connectivity index (χ0n) is 16.7. The third kappa shape index (κ3) is 10.0. The Labute approximate surface area is 182 Å². The van der Waals surface area contributed by atoms with Crippen molar-refractivity contribution in [3.05, 3.63) is 0 Å². The molecule has 29 heavy (non-hydrogen) atoms. The fourth-order valence-electron chi connectivity index (χ4n) is 3.49. The summed E-state index contributed by atoms with van der Waals surface area (Å²) in [5, 5.41) is 59.8. The molecule has 0 spiro atoms. The Hall–Kier alpha value is 0.349. The Kier molecular flexibility index (Phi) is 14.6. The van der Waals surface area contributed by atoms with E-state index in [9.17, 15) is 40.1 Å². The van der Waals surface area contributed by atoms with Crippen LogP contribution in [0.5, 0.6) is 0 Å². The van der Waals surface area contributed by atoms with Gasteiger partial charge in [0.05, 0.1) is 44.4 Å². The summed E-state index contributed by atoms with van der Waals surface area (Å²) in [6.07, 6.45) is -2.43. The van der Waals surface area contributed by atoms with E-state index >= 15 is 0 Å². The second-order valence-corrected chi connectivity index (χ2v) is 9.75. The fourth-order valence-corrected chi connectivity index (χ4v) is 4.52. The Balaban J connectivity index is 0.00000784.